The van der Waals surface area contributed by atoms with Crippen molar-refractivity contribution < 1.29 is 14.4 Å². The molecule has 0 radical (unpaired) electrons. The van der Waals surface area contributed by atoms with E-state index in [0.717, 1.165) is 5.92 Å². The SMILES string of the molecule is CCCCCCCCC(CCC)CCCCCCCC.O=[PH](O)O. The molecule has 0 aliphatic heterocycles. The fourth-order valence-electron chi connectivity index (χ4n) is 3.27. The molecule has 0 aliphatic rings. The molecule has 0 saturated carbocycles. The van der Waals surface area contributed by atoms with Crippen molar-refractivity contribution in [1.82, 2.24) is 0 Å². The molecule has 2 N–H and O–H groups in total. The van der Waals surface area contributed by atoms with E-state index in [4.69, 9.17) is 14.4 Å². The van der Waals surface area contributed by atoms with Gasteiger partial charge in [0.2, 0.25) is 0 Å². The molecule has 148 valence electrons. The van der Waals surface area contributed by atoms with Crippen molar-refractivity contribution in [2.75, 3.05) is 0 Å². The highest BCUT2D eigenvalue weighted by atomic mass is 31.1. The Bertz CT molecular complexity index is 227. The Labute approximate surface area is 152 Å². The van der Waals surface area contributed by atoms with E-state index in [9.17, 15) is 0 Å². The molecule has 4 heteroatoms. The van der Waals surface area contributed by atoms with Gasteiger partial charge in [-0.05, 0) is 5.92 Å². The van der Waals surface area contributed by atoms with Gasteiger partial charge in [-0.25, -0.2) is 0 Å². The fraction of sp³-hybridized carbons (Fsp3) is 1.00. The molecule has 24 heavy (non-hydrogen) atoms. The van der Waals surface area contributed by atoms with E-state index in [1.54, 1.807) is 0 Å². The third-order valence-electron chi connectivity index (χ3n) is 4.63. The summed E-state index contributed by atoms with van der Waals surface area (Å²) in [6, 6.07) is 0. The zero-order chi connectivity index (χ0) is 18.5. The zero-order valence-corrected chi connectivity index (χ0v) is 17.7. The number of hydrogen-bond donors (Lipinski definition) is 2. The Hall–Kier alpha value is 0.150. The van der Waals surface area contributed by atoms with Crippen molar-refractivity contribution in [3.05, 3.63) is 0 Å². The van der Waals surface area contributed by atoms with Crippen LogP contribution in [0, 0.1) is 5.92 Å². The van der Waals surface area contributed by atoms with Crippen LogP contribution in [0.2, 0.25) is 0 Å². The third kappa shape index (κ3) is 27.0. The van der Waals surface area contributed by atoms with Crippen molar-refractivity contribution in [3.8, 4) is 0 Å². The molecule has 3 nitrogen and oxygen atoms in total. The molecule has 0 fully saturated rings. The molecular weight excluding hydrogens is 319 g/mol. The van der Waals surface area contributed by atoms with Gasteiger partial charge in [0, 0.05) is 0 Å². The average Bonchev–Trinajstić information content (AvgIpc) is 2.53. The first-order valence-electron chi connectivity index (χ1n) is 10.5. The smallest absolute Gasteiger partial charge is 0.314 e. The Kier molecular flexibility index (Phi) is 25.4. The lowest BCUT2D eigenvalue weighted by Gasteiger charge is -2.16. The second-order valence-corrected chi connectivity index (χ2v) is 7.62. The minimum absolute atomic E-state index is 1.04. The van der Waals surface area contributed by atoms with Gasteiger partial charge in [0.15, 0.2) is 0 Å². The molecule has 0 saturated heterocycles. The van der Waals surface area contributed by atoms with Crippen molar-refractivity contribution in [2.24, 2.45) is 5.92 Å². The summed E-state index contributed by atoms with van der Waals surface area (Å²) in [4.78, 5) is 14.3. The van der Waals surface area contributed by atoms with E-state index in [0.29, 0.717) is 0 Å². The predicted octanol–water partition coefficient (Wildman–Crippen LogP) is 7.26. The van der Waals surface area contributed by atoms with Gasteiger partial charge in [0.25, 0.3) is 0 Å². The summed E-state index contributed by atoms with van der Waals surface area (Å²) in [7, 11) is -3.13. The lowest BCUT2D eigenvalue weighted by Crippen LogP contribution is -2.00. The van der Waals surface area contributed by atoms with Crippen molar-refractivity contribution in [1.29, 1.82) is 0 Å². The maximum absolute atomic E-state index is 8.74. The Morgan fingerprint density at radius 1 is 0.583 bits per heavy atom. The van der Waals surface area contributed by atoms with E-state index >= 15 is 0 Å². The lowest BCUT2D eigenvalue weighted by molar-refractivity contribution is 0.377. The molecule has 0 aliphatic carbocycles. The van der Waals surface area contributed by atoms with Crippen LogP contribution in [0.15, 0.2) is 0 Å². The van der Waals surface area contributed by atoms with Gasteiger partial charge < -0.3 is 9.79 Å². The molecule has 0 bridgehead atoms. The maximum atomic E-state index is 8.74. The molecule has 0 spiro atoms. The van der Waals surface area contributed by atoms with E-state index in [1.807, 2.05) is 0 Å². The van der Waals surface area contributed by atoms with E-state index in [1.165, 1.54) is 103 Å². The Balaban J connectivity index is 0. The minimum atomic E-state index is -3.13. The number of unbranched alkanes of at least 4 members (excludes halogenated alkanes) is 10. The van der Waals surface area contributed by atoms with E-state index in [-0.39, 0.29) is 0 Å². The monoisotopic (exact) mass is 364 g/mol. The summed E-state index contributed by atoms with van der Waals surface area (Å²) in [6.45, 7) is 6.96. The topological polar surface area (TPSA) is 57.5 Å². The summed E-state index contributed by atoms with van der Waals surface area (Å²) in [5.74, 6) is 1.04. The van der Waals surface area contributed by atoms with Gasteiger partial charge in [-0.1, -0.05) is 124 Å². The van der Waals surface area contributed by atoms with Crippen LogP contribution in [0.25, 0.3) is 0 Å². The zero-order valence-electron chi connectivity index (χ0n) is 16.7. The second kappa shape index (κ2) is 23.1. The third-order valence-corrected chi connectivity index (χ3v) is 4.63. The molecule has 0 unspecified atom stereocenters. The van der Waals surface area contributed by atoms with Crippen LogP contribution in [-0.4, -0.2) is 9.79 Å². The van der Waals surface area contributed by atoms with Crippen LogP contribution in [0.4, 0.5) is 0 Å². The normalized spacial score (nSPS) is 11.0. The van der Waals surface area contributed by atoms with Crippen LogP contribution >= 0.6 is 8.25 Å². The van der Waals surface area contributed by atoms with Crippen molar-refractivity contribution in [2.45, 2.75) is 124 Å². The van der Waals surface area contributed by atoms with E-state index in [2.05, 4.69) is 20.8 Å². The van der Waals surface area contributed by atoms with Gasteiger partial charge in [-0.2, -0.15) is 0 Å². The highest BCUT2D eigenvalue weighted by molar-refractivity contribution is 7.30. The van der Waals surface area contributed by atoms with Gasteiger partial charge in [-0.15, -0.1) is 0 Å². The van der Waals surface area contributed by atoms with Gasteiger partial charge in [0.1, 0.15) is 0 Å². The van der Waals surface area contributed by atoms with Gasteiger partial charge in [0.05, 0.1) is 0 Å². The molecule has 0 aromatic heterocycles. The summed E-state index contributed by atoms with van der Waals surface area (Å²) < 4.78 is 8.74. The molecular formula is C20H45O3P. The quantitative estimate of drug-likeness (QED) is 0.224. The molecule has 0 atom stereocenters. The fourth-order valence-corrected chi connectivity index (χ4v) is 3.27. The maximum Gasteiger partial charge on any atom is 0.314 e. The molecule has 0 heterocycles. The van der Waals surface area contributed by atoms with Crippen LogP contribution in [0.3, 0.4) is 0 Å². The highest BCUT2D eigenvalue weighted by Crippen LogP contribution is 2.23. The largest absolute Gasteiger partial charge is 0.326 e. The first kappa shape index (κ1) is 26.4. The summed E-state index contributed by atoms with van der Waals surface area (Å²) in [5, 5.41) is 0. The number of hydrogen-bond acceptors (Lipinski definition) is 1. The van der Waals surface area contributed by atoms with Crippen molar-refractivity contribution in [3.63, 3.8) is 0 Å². The van der Waals surface area contributed by atoms with E-state index < -0.39 is 8.25 Å². The molecule has 0 aromatic carbocycles. The van der Waals surface area contributed by atoms with Gasteiger partial charge in [-0.3, -0.25) is 4.57 Å². The lowest BCUT2D eigenvalue weighted by atomic mass is 9.90. The molecule has 0 rings (SSSR count). The van der Waals surface area contributed by atoms with Crippen LogP contribution in [0.1, 0.15) is 124 Å². The summed E-state index contributed by atoms with van der Waals surface area (Å²) >= 11 is 0. The first-order valence-corrected chi connectivity index (χ1v) is 11.8. The number of rotatable bonds is 16. The van der Waals surface area contributed by atoms with Crippen LogP contribution in [-0.2, 0) is 4.57 Å². The predicted molar refractivity (Wildman–Crippen MR) is 108 cm³/mol. The Morgan fingerprint density at radius 2 is 0.917 bits per heavy atom. The Morgan fingerprint density at radius 3 is 1.25 bits per heavy atom. The van der Waals surface area contributed by atoms with Crippen LogP contribution < -0.4 is 0 Å². The standard InChI is InChI=1S/C20H42.H3O3P/c1-4-7-9-11-13-15-18-20(17-6-3)19-16-14-12-10-8-5-2;1-4(2)3/h20H,4-19H2,1-3H3;4H,(H2,1,2,3). The first-order chi connectivity index (χ1) is 11.6. The summed E-state index contributed by atoms with van der Waals surface area (Å²) in [5.41, 5.74) is 0. The highest BCUT2D eigenvalue weighted by Gasteiger charge is 2.07. The molecule has 0 amide bonds. The average molecular weight is 365 g/mol. The molecule has 0 aromatic rings. The summed E-state index contributed by atoms with van der Waals surface area (Å²) in [6.07, 6.45) is 23.3. The minimum Gasteiger partial charge on any atom is -0.326 e. The second-order valence-electron chi connectivity index (χ2n) is 7.05. The van der Waals surface area contributed by atoms with Crippen LogP contribution in [0.5, 0.6) is 0 Å². The van der Waals surface area contributed by atoms with Crippen molar-refractivity contribution >= 4 is 8.25 Å². The van der Waals surface area contributed by atoms with Gasteiger partial charge >= 0.3 is 8.25 Å².